The second-order valence-corrected chi connectivity index (χ2v) is 7.27. The van der Waals surface area contributed by atoms with Crippen molar-refractivity contribution in [2.75, 3.05) is 0 Å². The van der Waals surface area contributed by atoms with Crippen LogP contribution in [0.3, 0.4) is 0 Å². The molecule has 0 fully saturated rings. The number of nitrogens with one attached hydrogen (secondary N) is 1. The highest BCUT2D eigenvalue weighted by Gasteiger charge is 2.17. The van der Waals surface area contributed by atoms with Gasteiger partial charge in [0.1, 0.15) is 5.82 Å². The molecule has 31 heavy (non-hydrogen) atoms. The van der Waals surface area contributed by atoms with Gasteiger partial charge in [0.15, 0.2) is 11.2 Å². The molecule has 2 N–H and O–H groups in total. The van der Waals surface area contributed by atoms with Crippen molar-refractivity contribution in [3.63, 3.8) is 0 Å². The summed E-state index contributed by atoms with van der Waals surface area (Å²) in [7, 11) is 0. The minimum atomic E-state index is -0.968. The molecule has 0 amide bonds. The van der Waals surface area contributed by atoms with E-state index in [-0.39, 0.29) is 11.1 Å². The first-order chi connectivity index (χ1) is 15.0. The fraction of sp³-hybridized carbons (Fsp3) is 0.190. The summed E-state index contributed by atoms with van der Waals surface area (Å²) in [5, 5.41) is 13.5. The van der Waals surface area contributed by atoms with Crippen molar-refractivity contribution in [2.24, 2.45) is 0 Å². The van der Waals surface area contributed by atoms with Crippen LogP contribution in [-0.4, -0.2) is 44.8 Å². The van der Waals surface area contributed by atoms with E-state index in [2.05, 4.69) is 20.1 Å². The lowest BCUT2D eigenvalue weighted by molar-refractivity contribution is 0.0696. The molecule has 4 aromatic heterocycles. The van der Waals surface area contributed by atoms with Crippen LogP contribution in [0.15, 0.2) is 53.8 Å². The Morgan fingerprint density at radius 2 is 2.16 bits per heavy atom. The molecule has 0 atom stereocenters. The number of carboxylic acids is 1. The Morgan fingerprint density at radius 1 is 1.29 bits per heavy atom. The van der Waals surface area contributed by atoms with Gasteiger partial charge in [0, 0.05) is 25.1 Å². The lowest BCUT2D eigenvalue weighted by Gasteiger charge is -2.05. The molecule has 5 rings (SSSR count). The van der Waals surface area contributed by atoms with Gasteiger partial charge in [-0.15, -0.1) is 0 Å². The molecule has 10 heteroatoms. The SMILES string of the molecule is CCCn1c(=O)c2[nH]c(-c3cnn(Cc4cccc(C(=O)O)c4)c3)nc2n2ccnc12. The van der Waals surface area contributed by atoms with Crippen molar-refractivity contribution < 1.29 is 9.90 Å². The van der Waals surface area contributed by atoms with Crippen molar-refractivity contribution in [1.82, 2.24) is 33.7 Å². The number of hydrogen-bond donors (Lipinski definition) is 2. The van der Waals surface area contributed by atoms with Crippen molar-refractivity contribution in [2.45, 2.75) is 26.4 Å². The highest BCUT2D eigenvalue weighted by molar-refractivity contribution is 5.87. The van der Waals surface area contributed by atoms with Gasteiger partial charge in [-0.3, -0.25) is 18.4 Å². The first-order valence-corrected chi connectivity index (χ1v) is 9.86. The van der Waals surface area contributed by atoms with Crippen LogP contribution < -0.4 is 5.56 Å². The number of nitrogens with zero attached hydrogens (tertiary/aromatic N) is 6. The Kier molecular flexibility index (Phi) is 4.39. The number of fused-ring (bicyclic) bond motifs is 3. The van der Waals surface area contributed by atoms with Crippen LogP contribution >= 0.6 is 0 Å². The van der Waals surface area contributed by atoms with Gasteiger partial charge in [0.2, 0.25) is 5.78 Å². The number of hydrogen-bond acceptors (Lipinski definition) is 5. The number of aryl methyl sites for hydroxylation is 1. The average molecular weight is 417 g/mol. The van der Waals surface area contributed by atoms with E-state index in [0.29, 0.717) is 35.9 Å². The second kappa shape index (κ2) is 7.24. The number of carbonyl (C=O) groups is 1. The Hall–Kier alpha value is -4.21. The van der Waals surface area contributed by atoms with Gasteiger partial charge in [0.25, 0.3) is 5.56 Å². The maximum atomic E-state index is 13.0. The molecule has 4 heterocycles. The molecular weight excluding hydrogens is 398 g/mol. The summed E-state index contributed by atoms with van der Waals surface area (Å²) in [5.41, 5.74) is 2.54. The van der Waals surface area contributed by atoms with Crippen molar-refractivity contribution in [1.29, 1.82) is 0 Å². The molecule has 0 aliphatic rings. The molecule has 0 saturated heterocycles. The maximum Gasteiger partial charge on any atom is 0.335 e. The van der Waals surface area contributed by atoms with Crippen LogP contribution in [0.5, 0.6) is 0 Å². The van der Waals surface area contributed by atoms with E-state index in [1.54, 1.807) is 56.6 Å². The number of aromatic carboxylic acids is 1. The summed E-state index contributed by atoms with van der Waals surface area (Å²) in [6.07, 6.45) is 7.71. The smallest absolute Gasteiger partial charge is 0.335 e. The molecular formula is C21H19N7O3. The number of aromatic amines is 1. The number of imidazole rings is 2. The van der Waals surface area contributed by atoms with E-state index >= 15 is 0 Å². The molecule has 0 aliphatic carbocycles. The lowest BCUT2D eigenvalue weighted by atomic mass is 10.1. The number of aromatic nitrogens is 7. The molecule has 0 aliphatic heterocycles. The first-order valence-electron chi connectivity index (χ1n) is 9.86. The summed E-state index contributed by atoms with van der Waals surface area (Å²) in [5.74, 6) is 0.123. The van der Waals surface area contributed by atoms with Gasteiger partial charge in [-0.2, -0.15) is 5.10 Å². The largest absolute Gasteiger partial charge is 0.478 e. The van der Waals surface area contributed by atoms with E-state index in [4.69, 9.17) is 5.11 Å². The third-order valence-corrected chi connectivity index (χ3v) is 5.11. The third-order valence-electron chi connectivity index (χ3n) is 5.11. The van der Waals surface area contributed by atoms with Gasteiger partial charge in [-0.1, -0.05) is 19.1 Å². The third kappa shape index (κ3) is 3.18. The Bertz CT molecular complexity index is 1490. The molecule has 156 valence electrons. The normalized spacial score (nSPS) is 11.5. The zero-order valence-corrected chi connectivity index (χ0v) is 16.7. The molecule has 10 nitrogen and oxygen atoms in total. The highest BCUT2D eigenvalue weighted by Crippen LogP contribution is 2.20. The van der Waals surface area contributed by atoms with E-state index in [0.717, 1.165) is 17.5 Å². The zero-order valence-electron chi connectivity index (χ0n) is 16.7. The molecule has 0 spiro atoms. The molecule has 0 unspecified atom stereocenters. The highest BCUT2D eigenvalue weighted by atomic mass is 16.4. The monoisotopic (exact) mass is 417 g/mol. The molecule has 5 aromatic rings. The van der Waals surface area contributed by atoms with Gasteiger partial charge >= 0.3 is 5.97 Å². The Labute approximate surface area is 175 Å². The summed E-state index contributed by atoms with van der Waals surface area (Å²) in [4.78, 5) is 36.2. The van der Waals surface area contributed by atoms with Gasteiger partial charge in [-0.05, 0) is 24.1 Å². The number of benzene rings is 1. The summed E-state index contributed by atoms with van der Waals surface area (Å²) >= 11 is 0. The van der Waals surface area contributed by atoms with Gasteiger partial charge < -0.3 is 10.1 Å². The predicted molar refractivity (Wildman–Crippen MR) is 113 cm³/mol. The number of H-pyrrole nitrogens is 1. The Balaban J connectivity index is 1.53. The fourth-order valence-corrected chi connectivity index (χ4v) is 3.70. The second-order valence-electron chi connectivity index (χ2n) is 7.27. The van der Waals surface area contributed by atoms with Crippen LogP contribution in [-0.2, 0) is 13.1 Å². The average Bonchev–Trinajstić information content (AvgIpc) is 3.50. The van der Waals surface area contributed by atoms with Crippen LogP contribution in [0.1, 0.15) is 29.3 Å². The summed E-state index contributed by atoms with van der Waals surface area (Å²) in [6.45, 7) is 2.99. The number of carboxylic acid groups (broad SMARTS) is 1. The van der Waals surface area contributed by atoms with Crippen LogP contribution in [0.25, 0.3) is 28.3 Å². The molecule has 1 aromatic carbocycles. The minimum absolute atomic E-state index is 0.160. The zero-order chi connectivity index (χ0) is 21.5. The first kappa shape index (κ1) is 18.8. The van der Waals surface area contributed by atoms with Crippen LogP contribution in [0, 0.1) is 0 Å². The van der Waals surface area contributed by atoms with Crippen molar-refractivity contribution in [3.8, 4) is 11.4 Å². The summed E-state index contributed by atoms with van der Waals surface area (Å²) < 4.78 is 5.14. The standard InChI is InChI=1S/C21H19N7O3/c1-2-7-28-19(29)16-18(27-8-6-22-21(27)28)25-17(24-16)15-10-23-26(12-15)11-13-4-3-5-14(9-13)20(30)31/h3-6,8-10,12H,2,7,11H2,1H3,(H,24,25)(H,30,31). The van der Waals surface area contributed by atoms with Crippen molar-refractivity contribution in [3.05, 3.63) is 70.5 Å². The van der Waals surface area contributed by atoms with E-state index < -0.39 is 5.97 Å². The number of rotatable bonds is 6. The minimum Gasteiger partial charge on any atom is -0.478 e. The van der Waals surface area contributed by atoms with Crippen molar-refractivity contribution >= 4 is 22.9 Å². The lowest BCUT2D eigenvalue weighted by Crippen LogP contribution is -2.23. The molecule has 0 radical (unpaired) electrons. The van der Waals surface area contributed by atoms with Crippen LogP contribution in [0.4, 0.5) is 0 Å². The quantitative estimate of drug-likeness (QED) is 0.437. The fourth-order valence-electron chi connectivity index (χ4n) is 3.70. The van der Waals surface area contributed by atoms with Crippen LogP contribution in [0.2, 0.25) is 0 Å². The van der Waals surface area contributed by atoms with Gasteiger partial charge in [-0.25, -0.2) is 14.8 Å². The topological polar surface area (TPSA) is 123 Å². The Morgan fingerprint density at radius 3 is 2.97 bits per heavy atom. The van der Waals surface area contributed by atoms with E-state index in [9.17, 15) is 9.59 Å². The maximum absolute atomic E-state index is 13.0. The van der Waals surface area contributed by atoms with E-state index in [1.807, 2.05) is 13.0 Å². The van der Waals surface area contributed by atoms with Gasteiger partial charge in [0.05, 0.1) is 23.9 Å². The predicted octanol–water partition coefficient (Wildman–Crippen LogP) is 2.39. The van der Waals surface area contributed by atoms with E-state index in [1.165, 1.54) is 0 Å². The summed E-state index contributed by atoms with van der Waals surface area (Å²) in [6, 6.07) is 6.73. The molecule has 0 saturated carbocycles. The molecule has 0 bridgehead atoms.